The molecule has 0 saturated heterocycles. The normalized spacial score (nSPS) is 16.6. The number of ether oxygens (including phenoxy) is 1. The van der Waals surface area contributed by atoms with Gasteiger partial charge in [-0.05, 0) is 68.9 Å². The summed E-state index contributed by atoms with van der Waals surface area (Å²) >= 11 is 2.08. The lowest BCUT2D eigenvalue weighted by Gasteiger charge is -2.31. The summed E-state index contributed by atoms with van der Waals surface area (Å²) in [5.74, 6) is 1.64. The molecule has 0 fully saturated rings. The number of carbonyl (C=O) groups is 1. The van der Waals surface area contributed by atoms with Crippen LogP contribution < -0.4 is 0 Å². The Morgan fingerprint density at radius 2 is 1.59 bits per heavy atom. The molecule has 0 aliphatic heterocycles. The van der Waals surface area contributed by atoms with Crippen LogP contribution in [-0.2, 0) is 18.6 Å². The maximum atomic E-state index is 12.7. The number of carboxylic acids is 1. The molecule has 0 saturated carbocycles. The summed E-state index contributed by atoms with van der Waals surface area (Å²) in [7, 11) is -4.49. The Morgan fingerprint density at radius 3 is 2.22 bits per heavy atom. The first-order valence-electron chi connectivity index (χ1n) is 14.2. The quantitative estimate of drug-likeness (QED) is 0.103. The third-order valence-electron chi connectivity index (χ3n) is 6.78. The van der Waals surface area contributed by atoms with Crippen LogP contribution in [0.25, 0.3) is 0 Å². The third kappa shape index (κ3) is 13.2. The van der Waals surface area contributed by atoms with Gasteiger partial charge in [0.05, 0.1) is 6.10 Å². The van der Waals surface area contributed by atoms with Crippen LogP contribution in [0.2, 0.25) is 0 Å². The summed E-state index contributed by atoms with van der Waals surface area (Å²) < 4.78 is 23.2. The highest BCUT2D eigenvalue weighted by Crippen LogP contribution is 2.57. The van der Waals surface area contributed by atoms with E-state index in [1.165, 1.54) is 62.0 Å². The second-order valence-corrected chi connectivity index (χ2v) is 13.5. The van der Waals surface area contributed by atoms with E-state index in [0.29, 0.717) is 18.8 Å². The first-order chi connectivity index (χ1) is 17.7. The molecule has 6 nitrogen and oxygen atoms in total. The maximum Gasteiger partial charge on any atom is 0.371 e. The highest BCUT2D eigenvalue weighted by atomic mass is 32.2. The van der Waals surface area contributed by atoms with Gasteiger partial charge in [0.2, 0.25) is 0 Å². The summed E-state index contributed by atoms with van der Waals surface area (Å²) in [4.78, 5) is 21.9. The van der Waals surface area contributed by atoms with Gasteiger partial charge in [-0.2, -0.15) is 11.8 Å². The molecular formula is C29H51O6PS. The summed E-state index contributed by atoms with van der Waals surface area (Å²) in [5, 5.41) is 7.19. The molecule has 0 aliphatic rings. The first kappa shape index (κ1) is 34.2. The Hall–Kier alpha value is -0.850. The van der Waals surface area contributed by atoms with Gasteiger partial charge in [-0.25, -0.2) is 4.79 Å². The molecule has 0 heterocycles. The Morgan fingerprint density at radius 1 is 0.946 bits per heavy atom. The fourth-order valence-corrected chi connectivity index (χ4v) is 6.64. The van der Waals surface area contributed by atoms with Gasteiger partial charge in [0.25, 0.3) is 5.34 Å². The highest BCUT2D eigenvalue weighted by molar-refractivity contribution is 7.99. The zero-order chi connectivity index (χ0) is 27.6. The topological polar surface area (TPSA) is 93.1 Å². The Balaban J connectivity index is 2.15. The summed E-state index contributed by atoms with van der Waals surface area (Å²) in [6, 6.07) is 10.9. The van der Waals surface area contributed by atoms with Gasteiger partial charge >= 0.3 is 13.6 Å². The van der Waals surface area contributed by atoms with E-state index in [-0.39, 0.29) is 6.61 Å². The maximum absolute atomic E-state index is 12.7. The van der Waals surface area contributed by atoms with Gasteiger partial charge in [0, 0.05) is 6.61 Å². The van der Waals surface area contributed by atoms with Crippen molar-refractivity contribution in [3.05, 3.63) is 35.9 Å². The molecule has 1 aromatic carbocycles. The van der Waals surface area contributed by atoms with Crippen LogP contribution in [0.15, 0.2) is 30.3 Å². The van der Waals surface area contributed by atoms with Crippen LogP contribution in [0.1, 0.15) is 116 Å². The Bertz CT molecular complexity index is 777. The lowest BCUT2D eigenvalue weighted by Crippen LogP contribution is -2.39. The van der Waals surface area contributed by atoms with Crippen molar-refractivity contribution in [2.45, 2.75) is 122 Å². The largest absolute Gasteiger partial charge is 0.479 e. The molecular weight excluding hydrogens is 507 g/mol. The molecule has 1 aromatic rings. The fraction of sp³-hybridized carbons (Fsp3) is 0.759. The van der Waals surface area contributed by atoms with Gasteiger partial charge < -0.3 is 19.3 Å². The molecule has 0 spiro atoms. The van der Waals surface area contributed by atoms with Gasteiger partial charge in [0.15, 0.2) is 0 Å². The molecule has 0 aliphatic carbocycles. The number of rotatable bonds is 23. The van der Waals surface area contributed by atoms with Crippen LogP contribution in [0.5, 0.6) is 0 Å². The minimum Gasteiger partial charge on any atom is -0.479 e. The van der Waals surface area contributed by atoms with Crippen molar-refractivity contribution in [3.63, 3.8) is 0 Å². The van der Waals surface area contributed by atoms with E-state index in [1.807, 2.05) is 6.92 Å². The minimum atomic E-state index is -4.49. The van der Waals surface area contributed by atoms with E-state index in [0.717, 1.165) is 26.2 Å². The first-order valence-corrected chi connectivity index (χ1v) is 16.9. The number of benzene rings is 1. The number of carboxylic acid groups (broad SMARTS) is 1. The molecule has 4 unspecified atom stereocenters. The molecule has 4 atom stereocenters. The van der Waals surface area contributed by atoms with E-state index in [9.17, 15) is 19.4 Å². The van der Waals surface area contributed by atoms with Gasteiger partial charge in [-0.1, -0.05) is 89.1 Å². The molecule has 8 heteroatoms. The van der Waals surface area contributed by atoms with Crippen LogP contribution in [0.3, 0.4) is 0 Å². The average molecular weight is 559 g/mol. The predicted octanol–water partition coefficient (Wildman–Crippen LogP) is 8.63. The minimum absolute atomic E-state index is 0.0801. The predicted molar refractivity (Wildman–Crippen MR) is 156 cm³/mol. The molecule has 1 rings (SSSR count). The van der Waals surface area contributed by atoms with Crippen molar-refractivity contribution < 1.29 is 28.6 Å². The number of unbranched alkanes of at least 4 members (excludes halogenated alkanes) is 6. The third-order valence-corrected chi connectivity index (χ3v) is 9.93. The lowest BCUT2D eigenvalue weighted by molar-refractivity contribution is -0.155. The van der Waals surface area contributed by atoms with E-state index >= 15 is 0 Å². The smallest absolute Gasteiger partial charge is 0.371 e. The van der Waals surface area contributed by atoms with E-state index < -0.39 is 25.0 Å². The number of hydrogen-bond acceptors (Lipinski definition) is 5. The highest BCUT2D eigenvalue weighted by Gasteiger charge is 2.54. The van der Waals surface area contributed by atoms with Crippen molar-refractivity contribution in [1.82, 2.24) is 0 Å². The van der Waals surface area contributed by atoms with E-state index in [4.69, 9.17) is 9.26 Å². The van der Waals surface area contributed by atoms with Crippen molar-refractivity contribution in [2.75, 3.05) is 18.1 Å². The second kappa shape index (κ2) is 19.2. The SMILES string of the molecule is CCCCC(CCSCCCCCCCCC(C)OP(=O)(O)C(C)(OCCC)C(=O)O)c1ccccc1. The molecule has 214 valence electrons. The van der Waals surface area contributed by atoms with Gasteiger partial charge in [0.1, 0.15) is 0 Å². The number of hydrogen-bond donors (Lipinski definition) is 2. The Labute approximate surface area is 229 Å². The van der Waals surface area contributed by atoms with Crippen molar-refractivity contribution in [1.29, 1.82) is 0 Å². The van der Waals surface area contributed by atoms with E-state index in [2.05, 4.69) is 49.0 Å². The average Bonchev–Trinajstić information content (AvgIpc) is 2.87. The fourth-order valence-electron chi connectivity index (χ4n) is 4.29. The van der Waals surface area contributed by atoms with Crippen molar-refractivity contribution in [3.8, 4) is 0 Å². The summed E-state index contributed by atoms with van der Waals surface area (Å²) in [6.07, 6.45) is 12.5. The molecule has 2 N–H and O–H groups in total. The summed E-state index contributed by atoms with van der Waals surface area (Å²) in [5.41, 5.74) is 1.49. The molecule has 0 amide bonds. The van der Waals surface area contributed by atoms with Gasteiger partial charge in [-0.3, -0.25) is 4.57 Å². The standard InChI is InChI=1S/C29H51O6PS/c1-5-7-18-27(26-19-14-12-15-20-26)21-24-37-23-16-11-9-8-10-13-17-25(3)35-36(32,33)29(4,28(30)31)34-22-6-2/h12,14-15,19-20,25,27H,5-11,13,16-18,21-24H2,1-4H3,(H,30,31)(H,32,33). The lowest BCUT2D eigenvalue weighted by atomic mass is 9.91. The monoisotopic (exact) mass is 558 g/mol. The molecule has 0 bridgehead atoms. The van der Waals surface area contributed by atoms with Crippen LogP contribution in [0, 0.1) is 0 Å². The zero-order valence-electron chi connectivity index (χ0n) is 23.5. The van der Waals surface area contributed by atoms with Gasteiger partial charge in [-0.15, -0.1) is 0 Å². The molecule has 0 radical (unpaired) electrons. The summed E-state index contributed by atoms with van der Waals surface area (Å²) in [6.45, 7) is 6.98. The van der Waals surface area contributed by atoms with Crippen LogP contribution >= 0.6 is 19.4 Å². The Kier molecular flexibility index (Phi) is 17.8. The second-order valence-electron chi connectivity index (χ2n) is 10.1. The molecule has 37 heavy (non-hydrogen) atoms. The van der Waals surface area contributed by atoms with Crippen LogP contribution in [0.4, 0.5) is 0 Å². The molecule has 0 aromatic heterocycles. The zero-order valence-corrected chi connectivity index (χ0v) is 25.2. The van der Waals surface area contributed by atoms with Crippen molar-refractivity contribution in [2.24, 2.45) is 0 Å². The number of thioether (sulfide) groups is 1. The number of aliphatic carboxylic acids is 1. The van der Waals surface area contributed by atoms with Crippen LogP contribution in [-0.4, -0.2) is 45.5 Å². The van der Waals surface area contributed by atoms with Crippen molar-refractivity contribution >= 4 is 25.3 Å². The van der Waals surface area contributed by atoms with E-state index in [1.54, 1.807) is 6.92 Å².